The molecule has 2 aromatic rings. The van der Waals surface area contributed by atoms with Gasteiger partial charge < -0.3 is 10.1 Å². The number of hydrogen-bond acceptors (Lipinski definition) is 3. The first-order chi connectivity index (χ1) is 9.71. The number of nitrogens with zero attached hydrogens (tertiary/aromatic N) is 1. The topological polar surface area (TPSA) is 34.1 Å². The van der Waals surface area contributed by atoms with Gasteiger partial charge in [0.2, 0.25) is 5.88 Å². The molecule has 1 aromatic carbocycles. The number of pyridine rings is 1. The summed E-state index contributed by atoms with van der Waals surface area (Å²) in [5, 5.41) is 3.17. The second kappa shape index (κ2) is 7.59. The largest absolute Gasteiger partial charge is 0.439 e. The van der Waals surface area contributed by atoms with Crippen molar-refractivity contribution in [3.63, 3.8) is 0 Å². The lowest BCUT2D eigenvalue weighted by Crippen LogP contribution is -2.06. The second-order valence-corrected chi connectivity index (χ2v) is 5.89. The van der Waals surface area contributed by atoms with Crippen LogP contribution in [-0.4, -0.2) is 12.0 Å². The summed E-state index contributed by atoms with van der Waals surface area (Å²) in [7, 11) is 1.94. The molecule has 0 radical (unpaired) electrons. The average Bonchev–Trinajstić information content (AvgIpc) is 2.39. The standard InChI is InChI=1S/C16H19IN2O/c1-3-5-14-8-12(11-18-2)9-16(19-14)20-15-7-4-6-13(17)10-15/h4,6-10,18H,3,5,11H2,1-2H3. The number of hydrogen-bond donors (Lipinski definition) is 1. The number of halogens is 1. The molecule has 0 fully saturated rings. The highest BCUT2D eigenvalue weighted by atomic mass is 127. The summed E-state index contributed by atoms with van der Waals surface area (Å²) >= 11 is 2.28. The number of nitrogens with one attached hydrogen (secondary N) is 1. The molecule has 1 N–H and O–H groups in total. The zero-order valence-corrected chi connectivity index (χ0v) is 14.0. The van der Waals surface area contributed by atoms with Crippen LogP contribution in [0.3, 0.4) is 0 Å². The lowest BCUT2D eigenvalue weighted by atomic mass is 10.1. The van der Waals surface area contributed by atoms with Crippen LogP contribution in [0.4, 0.5) is 0 Å². The van der Waals surface area contributed by atoms with Gasteiger partial charge in [0.05, 0.1) is 0 Å². The number of benzene rings is 1. The van der Waals surface area contributed by atoms with Crippen LogP contribution in [0.2, 0.25) is 0 Å². The summed E-state index contributed by atoms with van der Waals surface area (Å²) in [6.45, 7) is 2.98. The lowest BCUT2D eigenvalue weighted by Gasteiger charge is -2.10. The van der Waals surface area contributed by atoms with Gasteiger partial charge >= 0.3 is 0 Å². The van der Waals surface area contributed by atoms with Gasteiger partial charge in [0.15, 0.2) is 0 Å². The molecule has 0 atom stereocenters. The van der Waals surface area contributed by atoms with E-state index in [0.29, 0.717) is 5.88 Å². The van der Waals surface area contributed by atoms with Crippen LogP contribution in [0.1, 0.15) is 24.6 Å². The maximum Gasteiger partial charge on any atom is 0.219 e. The first-order valence-electron chi connectivity index (χ1n) is 6.79. The maximum absolute atomic E-state index is 5.89. The highest BCUT2D eigenvalue weighted by molar-refractivity contribution is 14.1. The van der Waals surface area contributed by atoms with Crippen LogP contribution < -0.4 is 10.1 Å². The summed E-state index contributed by atoms with van der Waals surface area (Å²) in [5.41, 5.74) is 2.28. The molecule has 20 heavy (non-hydrogen) atoms. The van der Waals surface area contributed by atoms with Crippen molar-refractivity contribution in [2.75, 3.05) is 7.05 Å². The Hall–Kier alpha value is -1.14. The summed E-state index contributed by atoms with van der Waals surface area (Å²) in [4.78, 5) is 4.58. The zero-order chi connectivity index (χ0) is 14.4. The smallest absolute Gasteiger partial charge is 0.219 e. The minimum absolute atomic E-state index is 0.670. The molecule has 0 aliphatic rings. The van der Waals surface area contributed by atoms with Gasteiger partial charge in [0.25, 0.3) is 0 Å². The molecule has 0 aliphatic carbocycles. The third-order valence-corrected chi connectivity index (χ3v) is 3.49. The normalized spacial score (nSPS) is 10.6. The van der Waals surface area contributed by atoms with Crippen LogP contribution in [-0.2, 0) is 13.0 Å². The van der Waals surface area contributed by atoms with Crippen LogP contribution in [0.5, 0.6) is 11.6 Å². The molecule has 0 saturated heterocycles. The van der Waals surface area contributed by atoms with Crippen LogP contribution >= 0.6 is 22.6 Å². The SMILES string of the molecule is CCCc1cc(CNC)cc(Oc2cccc(I)c2)n1. The van der Waals surface area contributed by atoms with E-state index < -0.39 is 0 Å². The molecule has 4 heteroatoms. The minimum atomic E-state index is 0.670. The number of aromatic nitrogens is 1. The van der Waals surface area contributed by atoms with Crippen molar-refractivity contribution < 1.29 is 4.74 Å². The van der Waals surface area contributed by atoms with Gasteiger partial charge in [-0.25, -0.2) is 4.98 Å². The Morgan fingerprint density at radius 2 is 2.10 bits per heavy atom. The predicted molar refractivity (Wildman–Crippen MR) is 90.2 cm³/mol. The van der Waals surface area contributed by atoms with E-state index >= 15 is 0 Å². The quantitative estimate of drug-likeness (QED) is 0.763. The Labute approximate surface area is 133 Å². The monoisotopic (exact) mass is 382 g/mol. The Balaban J connectivity index is 2.25. The summed E-state index contributed by atoms with van der Waals surface area (Å²) < 4.78 is 7.04. The van der Waals surface area contributed by atoms with Gasteiger partial charge in [-0.05, 0) is 65.9 Å². The van der Waals surface area contributed by atoms with E-state index in [2.05, 4.69) is 45.9 Å². The first kappa shape index (κ1) is 15.3. The van der Waals surface area contributed by atoms with Gasteiger partial charge in [-0.1, -0.05) is 19.4 Å². The van der Waals surface area contributed by atoms with Crippen molar-refractivity contribution in [1.82, 2.24) is 10.3 Å². The van der Waals surface area contributed by atoms with E-state index in [1.165, 1.54) is 5.56 Å². The number of ether oxygens (including phenoxy) is 1. The van der Waals surface area contributed by atoms with Crippen molar-refractivity contribution in [3.05, 3.63) is 51.2 Å². The fourth-order valence-corrected chi connectivity index (χ4v) is 2.53. The predicted octanol–water partition coefficient (Wildman–Crippen LogP) is 4.15. The third-order valence-electron chi connectivity index (χ3n) is 2.82. The molecule has 0 saturated carbocycles. The average molecular weight is 382 g/mol. The van der Waals surface area contributed by atoms with E-state index in [0.717, 1.165) is 34.4 Å². The van der Waals surface area contributed by atoms with Crippen molar-refractivity contribution in [3.8, 4) is 11.6 Å². The lowest BCUT2D eigenvalue weighted by molar-refractivity contribution is 0.459. The van der Waals surface area contributed by atoms with E-state index in [9.17, 15) is 0 Å². The Bertz CT molecular complexity index is 548. The van der Waals surface area contributed by atoms with Gasteiger partial charge in [-0.15, -0.1) is 0 Å². The molecule has 3 nitrogen and oxygen atoms in total. The van der Waals surface area contributed by atoms with Crippen LogP contribution in [0.25, 0.3) is 0 Å². The Kier molecular flexibility index (Phi) is 5.79. The Morgan fingerprint density at radius 3 is 2.80 bits per heavy atom. The van der Waals surface area contributed by atoms with E-state index in [4.69, 9.17) is 4.74 Å². The number of aryl methyl sites for hydroxylation is 1. The Morgan fingerprint density at radius 1 is 1.25 bits per heavy atom. The van der Waals surface area contributed by atoms with Crippen molar-refractivity contribution in [2.24, 2.45) is 0 Å². The fraction of sp³-hybridized carbons (Fsp3) is 0.312. The van der Waals surface area contributed by atoms with E-state index in [1.807, 2.05) is 37.4 Å². The molecular weight excluding hydrogens is 363 g/mol. The van der Waals surface area contributed by atoms with Gasteiger partial charge in [-0.2, -0.15) is 0 Å². The molecule has 1 heterocycles. The molecule has 1 aromatic heterocycles. The highest BCUT2D eigenvalue weighted by Crippen LogP contribution is 2.23. The summed E-state index contributed by atoms with van der Waals surface area (Å²) in [6, 6.07) is 12.1. The molecule has 0 bridgehead atoms. The molecule has 0 aliphatic heterocycles. The van der Waals surface area contributed by atoms with Crippen molar-refractivity contribution >= 4 is 22.6 Å². The molecule has 0 unspecified atom stereocenters. The van der Waals surface area contributed by atoms with Gasteiger partial charge in [-0.3, -0.25) is 0 Å². The summed E-state index contributed by atoms with van der Waals surface area (Å²) in [5.74, 6) is 1.50. The minimum Gasteiger partial charge on any atom is -0.439 e. The maximum atomic E-state index is 5.89. The molecule has 2 rings (SSSR count). The molecule has 0 spiro atoms. The molecule has 0 amide bonds. The first-order valence-corrected chi connectivity index (χ1v) is 7.87. The fourth-order valence-electron chi connectivity index (χ4n) is 2.01. The zero-order valence-electron chi connectivity index (χ0n) is 11.8. The highest BCUT2D eigenvalue weighted by Gasteiger charge is 2.05. The number of rotatable bonds is 6. The van der Waals surface area contributed by atoms with Crippen molar-refractivity contribution in [1.29, 1.82) is 0 Å². The third kappa shape index (κ3) is 4.45. The second-order valence-electron chi connectivity index (χ2n) is 4.64. The molecule has 106 valence electrons. The van der Waals surface area contributed by atoms with E-state index in [1.54, 1.807) is 0 Å². The van der Waals surface area contributed by atoms with Crippen LogP contribution in [0, 0.1) is 3.57 Å². The van der Waals surface area contributed by atoms with Crippen LogP contribution in [0.15, 0.2) is 36.4 Å². The van der Waals surface area contributed by atoms with Gasteiger partial charge in [0, 0.05) is 21.9 Å². The van der Waals surface area contributed by atoms with Gasteiger partial charge in [0.1, 0.15) is 5.75 Å². The summed E-state index contributed by atoms with van der Waals surface area (Å²) in [6.07, 6.45) is 2.05. The van der Waals surface area contributed by atoms with E-state index in [-0.39, 0.29) is 0 Å². The van der Waals surface area contributed by atoms with Crippen molar-refractivity contribution in [2.45, 2.75) is 26.3 Å². The molecular formula is C16H19IN2O.